The average Bonchev–Trinajstić information content (AvgIpc) is 2.06. The van der Waals surface area contributed by atoms with Crippen molar-refractivity contribution in [3.05, 3.63) is 40.7 Å². The van der Waals surface area contributed by atoms with E-state index in [1.165, 1.54) is 11.1 Å². The summed E-state index contributed by atoms with van der Waals surface area (Å²) in [4.78, 5) is 0. The summed E-state index contributed by atoms with van der Waals surface area (Å²) in [6.07, 6.45) is 2.78. The van der Waals surface area contributed by atoms with Crippen LogP contribution in [-0.4, -0.2) is 6.66 Å². The molecule has 0 saturated carbocycles. The van der Waals surface area contributed by atoms with E-state index in [0.29, 0.717) is 0 Å². The number of allylic oxidation sites excluding steroid dienone is 1. The molecule has 1 atom stereocenters. The Morgan fingerprint density at radius 1 is 1.31 bits per heavy atom. The number of fused-ring (bicyclic) bond motifs is 1. The number of rotatable bonds is 0. The molecule has 68 valence electrons. The Labute approximate surface area is 78.9 Å². The molecular weight excluding hydrogens is 179 g/mol. The van der Waals surface area contributed by atoms with Crippen LogP contribution in [0.2, 0.25) is 0 Å². The van der Waals surface area contributed by atoms with Crippen molar-refractivity contribution in [1.82, 2.24) is 0 Å². The Kier molecular flexibility index (Phi) is 1.92. The van der Waals surface area contributed by atoms with E-state index < -0.39 is 7.14 Å². The highest BCUT2D eigenvalue weighted by Gasteiger charge is 2.23. The van der Waals surface area contributed by atoms with E-state index in [0.717, 1.165) is 11.5 Å². The zero-order valence-electron chi connectivity index (χ0n) is 7.95. The standard InChI is InChI=1S/C11H13OP/c1-9-7-10-5-3-4-6-11(10)8-13(9,2)12/h3-7H,8H2,1-2H3. The first-order valence-electron chi connectivity index (χ1n) is 4.43. The largest absolute Gasteiger partial charge is 0.319 e. The van der Waals surface area contributed by atoms with Crippen LogP contribution in [0.4, 0.5) is 0 Å². The van der Waals surface area contributed by atoms with Gasteiger partial charge in [0.25, 0.3) is 0 Å². The fourth-order valence-electron chi connectivity index (χ4n) is 1.63. The van der Waals surface area contributed by atoms with Crippen molar-refractivity contribution in [3.63, 3.8) is 0 Å². The minimum atomic E-state index is -2.05. The van der Waals surface area contributed by atoms with Gasteiger partial charge in [-0.25, -0.2) is 0 Å². The Hall–Kier alpha value is -0.810. The fourth-order valence-corrected chi connectivity index (χ4v) is 3.23. The Balaban J connectivity index is 2.60. The van der Waals surface area contributed by atoms with Gasteiger partial charge < -0.3 is 4.57 Å². The molecule has 1 unspecified atom stereocenters. The molecule has 1 aliphatic heterocycles. The lowest BCUT2D eigenvalue weighted by atomic mass is 10.1. The van der Waals surface area contributed by atoms with Crippen molar-refractivity contribution >= 4 is 13.2 Å². The van der Waals surface area contributed by atoms with E-state index in [2.05, 4.69) is 18.2 Å². The molecule has 1 aromatic carbocycles. The van der Waals surface area contributed by atoms with Gasteiger partial charge in [-0.05, 0) is 36.1 Å². The lowest BCUT2D eigenvalue weighted by molar-refractivity contribution is 0.582. The monoisotopic (exact) mass is 192 g/mol. The lowest BCUT2D eigenvalue weighted by Gasteiger charge is -2.20. The van der Waals surface area contributed by atoms with Crippen molar-refractivity contribution in [2.24, 2.45) is 0 Å². The second kappa shape index (κ2) is 2.85. The molecule has 0 spiro atoms. The van der Waals surface area contributed by atoms with E-state index in [9.17, 15) is 4.57 Å². The summed E-state index contributed by atoms with van der Waals surface area (Å²) in [5.41, 5.74) is 2.45. The first-order chi connectivity index (χ1) is 6.09. The average molecular weight is 192 g/mol. The summed E-state index contributed by atoms with van der Waals surface area (Å²) < 4.78 is 12.1. The van der Waals surface area contributed by atoms with Crippen LogP contribution in [-0.2, 0) is 10.7 Å². The SMILES string of the molecule is CC1=Cc2ccccc2CP1(C)=O. The van der Waals surface area contributed by atoms with Crippen molar-refractivity contribution in [2.45, 2.75) is 13.1 Å². The van der Waals surface area contributed by atoms with Gasteiger partial charge in [-0.2, -0.15) is 0 Å². The molecule has 13 heavy (non-hydrogen) atoms. The van der Waals surface area contributed by atoms with Gasteiger partial charge in [-0.15, -0.1) is 0 Å². The second-order valence-electron chi connectivity index (χ2n) is 3.74. The van der Waals surface area contributed by atoms with Gasteiger partial charge in [-0.3, -0.25) is 0 Å². The van der Waals surface area contributed by atoms with Gasteiger partial charge in [0.1, 0.15) is 7.14 Å². The van der Waals surface area contributed by atoms with Crippen LogP contribution < -0.4 is 0 Å². The van der Waals surface area contributed by atoms with Crippen molar-refractivity contribution in [3.8, 4) is 0 Å². The van der Waals surface area contributed by atoms with Crippen LogP contribution in [0.5, 0.6) is 0 Å². The molecule has 1 aliphatic rings. The molecule has 2 rings (SSSR count). The number of hydrogen-bond acceptors (Lipinski definition) is 1. The molecule has 2 heteroatoms. The highest BCUT2D eigenvalue weighted by atomic mass is 31.2. The van der Waals surface area contributed by atoms with Crippen LogP contribution in [0.3, 0.4) is 0 Å². The van der Waals surface area contributed by atoms with Gasteiger partial charge in [0, 0.05) is 6.16 Å². The summed E-state index contributed by atoms with van der Waals surface area (Å²) >= 11 is 0. The lowest BCUT2D eigenvalue weighted by Crippen LogP contribution is -1.97. The normalized spacial score (nSPS) is 26.5. The maximum Gasteiger partial charge on any atom is 0.112 e. The second-order valence-corrected chi connectivity index (χ2v) is 6.97. The van der Waals surface area contributed by atoms with Crippen molar-refractivity contribution in [1.29, 1.82) is 0 Å². The topological polar surface area (TPSA) is 17.1 Å². The number of benzene rings is 1. The van der Waals surface area contributed by atoms with E-state index >= 15 is 0 Å². The van der Waals surface area contributed by atoms with Crippen LogP contribution >= 0.6 is 7.14 Å². The molecule has 0 radical (unpaired) electrons. The Bertz CT molecular complexity index is 418. The fraction of sp³-hybridized carbons (Fsp3) is 0.273. The van der Waals surface area contributed by atoms with Gasteiger partial charge in [0.2, 0.25) is 0 Å². The van der Waals surface area contributed by atoms with Crippen molar-refractivity contribution in [2.75, 3.05) is 6.66 Å². The molecule has 0 N–H and O–H groups in total. The molecule has 0 bridgehead atoms. The third-order valence-corrected chi connectivity index (χ3v) is 5.20. The smallest absolute Gasteiger partial charge is 0.112 e. The van der Waals surface area contributed by atoms with Gasteiger partial charge >= 0.3 is 0 Å². The van der Waals surface area contributed by atoms with Crippen LogP contribution in [0, 0.1) is 0 Å². The van der Waals surface area contributed by atoms with Crippen LogP contribution in [0.25, 0.3) is 6.08 Å². The molecule has 1 heterocycles. The first kappa shape index (κ1) is 8.77. The molecule has 0 amide bonds. The minimum Gasteiger partial charge on any atom is -0.319 e. The molecule has 0 aromatic heterocycles. The van der Waals surface area contributed by atoms with Crippen molar-refractivity contribution < 1.29 is 4.57 Å². The Morgan fingerprint density at radius 2 is 2.00 bits per heavy atom. The maximum atomic E-state index is 12.1. The molecule has 0 fully saturated rings. The molecule has 1 nitrogen and oxygen atoms in total. The van der Waals surface area contributed by atoms with E-state index in [4.69, 9.17) is 0 Å². The van der Waals surface area contributed by atoms with Gasteiger partial charge in [0.05, 0.1) is 0 Å². The van der Waals surface area contributed by atoms with Crippen LogP contribution in [0.1, 0.15) is 18.1 Å². The summed E-state index contributed by atoms with van der Waals surface area (Å²) in [6, 6.07) is 8.17. The summed E-state index contributed by atoms with van der Waals surface area (Å²) in [5, 5.41) is 1.05. The van der Waals surface area contributed by atoms with E-state index in [1.807, 2.05) is 25.7 Å². The molecular formula is C11H13OP. The molecule has 1 aromatic rings. The minimum absolute atomic E-state index is 0.728. The zero-order chi connectivity index (χ0) is 9.47. The Morgan fingerprint density at radius 3 is 2.77 bits per heavy atom. The van der Waals surface area contributed by atoms with Crippen LogP contribution in [0.15, 0.2) is 29.6 Å². The zero-order valence-corrected chi connectivity index (χ0v) is 8.84. The third kappa shape index (κ3) is 1.49. The van der Waals surface area contributed by atoms with E-state index in [-0.39, 0.29) is 0 Å². The first-order valence-corrected chi connectivity index (χ1v) is 6.77. The summed E-state index contributed by atoms with van der Waals surface area (Å²) in [5.74, 6) is 0. The number of hydrogen-bond donors (Lipinski definition) is 0. The van der Waals surface area contributed by atoms with E-state index in [1.54, 1.807) is 0 Å². The summed E-state index contributed by atoms with van der Waals surface area (Å²) in [6.45, 7) is 3.84. The predicted octanol–water partition coefficient (Wildman–Crippen LogP) is 3.55. The quantitative estimate of drug-likeness (QED) is 0.574. The predicted molar refractivity (Wildman–Crippen MR) is 57.3 cm³/mol. The highest BCUT2D eigenvalue weighted by molar-refractivity contribution is 7.66. The molecule has 0 saturated heterocycles. The van der Waals surface area contributed by atoms with Gasteiger partial charge in [0.15, 0.2) is 0 Å². The third-order valence-electron chi connectivity index (χ3n) is 2.64. The highest BCUT2D eigenvalue weighted by Crippen LogP contribution is 2.56. The molecule has 0 aliphatic carbocycles. The summed E-state index contributed by atoms with van der Waals surface area (Å²) in [7, 11) is -2.05. The van der Waals surface area contributed by atoms with Gasteiger partial charge in [-0.1, -0.05) is 24.3 Å². The maximum absolute atomic E-state index is 12.1.